The number of anilines is 1. The second-order valence-electron chi connectivity index (χ2n) is 4.02. The van der Waals surface area contributed by atoms with Gasteiger partial charge in [-0.25, -0.2) is 0 Å². The van der Waals surface area contributed by atoms with Crippen molar-refractivity contribution in [3.05, 3.63) is 52.3 Å². The minimum absolute atomic E-state index is 0.0163. The number of carbonyl (C=O) groups is 1. The Labute approximate surface area is 128 Å². The van der Waals surface area contributed by atoms with E-state index in [4.69, 9.17) is 0 Å². The van der Waals surface area contributed by atoms with E-state index in [1.54, 1.807) is 18.2 Å². The van der Waals surface area contributed by atoms with Gasteiger partial charge in [-0.05, 0) is 0 Å². The van der Waals surface area contributed by atoms with Crippen LogP contribution in [0.5, 0.6) is 0 Å². The maximum atomic E-state index is 13.7. The number of nitrogens with one attached hydrogen (secondary N) is 1. The zero-order valence-electron chi connectivity index (χ0n) is 9.93. The van der Waals surface area contributed by atoms with Gasteiger partial charge >= 0.3 is 128 Å². The third-order valence-corrected chi connectivity index (χ3v) is 4.34. The Hall–Kier alpha value is -1.56. The van der Waals surface area contributed by atoms with Crippen molar-refractivity contribution in [3.63, 3.8) is 0 Å². The first-order valence-corrected chi connectivity index (χ1v) is 7.95. The average molecular weight is 399 g/mol. The monoisotopic (exact) mass is 399 g/mol. The summed E-state index contributed by atoms with van der Waals surface area (Å²) in [5.74, 6) is -1.07. The Bertz CT molecular complexity index is 805. The molecule has 3 rings (SSSR count). The summed E-state index contributed by atoms with van der Waals surface area (Å²) in [7, 11) is 0. The molecule has 0 saturated heterocycles. The van der Waals surface area contributed by atoms with E-state index < -0.39 is 11.7 Å². The van der Waals surface area contributed by atoms with E-state index in [1.807, 2.05) is 6.07 Å². The third kappa shape index (κ3) is 2.52. The summed E-state index contributed by atoms with van der Waals surface area (Å²) in [6.07, 6.45) is 0. The first kappa shape index (κ1) is 13.4. The van der Waals surface area contributed by atoms with Crippen molar-refractivity contribution in [1.29, 1.82) is 0 Å². The van der Waals surface area contributed by atoms with Crippen LogP contribution >= 0.6 is 15.9 Å². The van der Waals surface area contributed by atoms with Crippen molar-refractivity contribution in [2.24, 2.45) is 0 Å². The molecule has 1 N–H and O–H groups in total. The quantitative estimate of drug-likeness (QED) is 0.675. The summed E-state index contributed by atoms with van der Waals surface area (Å²) in [6.45, 7) is 0. The molecule has 1 heterocycles. The van der Waals surface area contributed by atoms with E-state index in [2.05, 4.69) is 29.2 Å². The molecule has 0 unspecified atom stereocenters. The molecule has 0 fully saturated rings. The number of nitrogens with zero attached hydrogens (tertiary/aromatic N) is 2. The van der Waals surface area contributed by atoms with Gasteiger partial charge in [0.15, 0.2) is 0 Å². The van der Waals surface area contributed by atoms with Gasteiger partial charge in [0.05, 0.1) is 0 Å². The van der Waals surface area contributed by atoms with Crippen molar-refractivity contribution < 1.29 is 9.18 Å². The fraction of sp³-hybridized carbons (Fsp3) is 0. The van der Waals surface area contributed by atoms with Gasteiger partial charge in [0.1, 0.15) is 0 Å². The Morgan fingerprint density at radius 2 is 2.10 bits per heavy atom. The van der Waals surface area contributed by atoms with Gasteiger partial charge in [-0.15, -0.1) is 0 Å². The third-order valence-electron chi connectivity index (χ3n) is 2.71. The molecule has 0 spiro atoms. The number of fused-ring (bicyclic) bond motifs is 1. The molecule has 0 saturated carbocycles. The minimum atomic E-state index is -0.566. The van der Waals surface area contributed by atoms with Crippen LogP contribution in [0, 0.1) is 5.82 Å². The van der Waals surface area contributed by atoms with Crippen LogP contribution in [0.25, 0.3) is 11.0 Å². The maximum absolute atomic E-state index is 13.7. The number of aromatic nitrogens is 2. The van der Waals surface area contributed by atoms with E-state index in [0.29, 0.717) is 15.7 Å². The summed E-state index contributed by atoms with van der Waals surface area (Å²) < 4.78 is 22.8. The first-order valence-electron chi connectivity index (χ1n) is 5.63. The Balaban J connectivity index is 1.96. The molecule has 0 atom stereocenters. The van der Waals surface area contributed by atoms with Gasteiger partial charge in [0.2, 0.25) is 0 Å². The Morgan fingerprint density at radius 1 is 1.25 bits per heavy atom. The molecule has 2 aromatic carbocycles. The summed E-state index contributed by atoms with van der Waals surface area (Å²) in [4.78, 5) is 12.1. The van der Waals surface area contributed by atoms with Gasteiger partial charge in [-0.2, -0.15) is 0 Å². The number of amides is 1. The van der Waals surface area contributed by atoms with Crippen LogP contribution in [-0.2, 0) is 0 Å². The summed E-state index contributed by atoms with van der Waals surface area (Å²) in [5.41, 5.74) is 1.96. The molecule has 4 nitrogen and oxygen atoms in total. The molecule has 0 aliphatic carbocycles. The second kappa shape index (κ2) is 5.44. The van der Waals surface area contributed by atoms with Crippen LogP contribution in [0.2, 0.25) is 0 Å². The summed E-state index contributed by atoms with van der Waals surface area (Å²) in [6, 6.07) is 9.59. The number of halogens is 2. The van der Waals surface area contributed by atoms with Crippen molar-refractivity contribution in [1.82, 2.24) is 7.96 Å². The summed E-state index contributed by atoms with van der Waals surface area (Å²) in [5, 5.41) is 2.68. The van der Waals surface area contributed by atoms with Crippen LogP contribution in [0.3, 0.4) is 0 Å². The Kier molecular flexibility index (Phi) is 3.65. The van der Waals surface area contributed by atoms with Crippen molar-refractivity contribution in [3.8, 4) is 0 Å². The first-order chi connectivity index (χ1) is 9.65. The molecule has 0 bridgehead atoms. The molecule has 7 heteroatoms. The molecule has 3 aromatic rings. The molecule has 0 aliphatic rings. The topological polar surface area (TPSA) is 54.9 Å². The average Bonchev–Trinajstić information content (AvgIpc) is 2.91. The van der Waals surface area contributed by atoms with Crippen LogP contribution in [-0.4, -0.2) is 28.8 Å². The van der Waals surface area contributed by atoms with E-state index in [-0.39, 0.29) is 20.5 Å². The number of carbonyl (C=O) groups excluding carboxylic acids is 1. The fourth-order valence-electron chi connectivity index (χ4n) is 1.77. The predicted molar refractivity (Wildman–Crippen MR) is 78.5 cm³/mol. The second-order valence-corrected chi connectivity index (χ2v) is 6.04. The van der Waals surface area contributed by atoms with Crippen molar-refractivity contribution >= 4 is 53.5 Å². The number of benzene rings is 2. The standard InChI is InChI=1S/C13H7BrFN3OSe/c14-7-4-5-9(15)8(6-7)13(19)16-10-2-1-3-11-12(10)18-20-17-11/h1-6H,(H,16,19). The molecule has 20 heavy (non-hydrogen) atoms. The van der Waals surface area contributed by atoms with Gasteiger partial charge in [-0.1, -0.05) is 0 Å². The molecular formula is C13H7BrFN3OSe. The van der Waals surface area contributed by atoms with E-state index in [0.717, 1.165) is 5.52 Å². The van der Waals surface area contributed by atoms with Crippen molar-refractivity contribution in [2.45, 2.75) is 0 Å². The molecular weight excluding hydrogens is 392 g/mol. The van der Waals surface area contributed by atoms with E-state index in [1.165, 1.54) is 12.1 Å². The fourth-order valence-corrected chi connectivity index (χ4v) is 3.28. The molecule has 0 aliphatic heterocycles. The van der Waals surface area contributed by atoms with Gasteiger partial charge in [0, 0.05) is 0 Å². The van der Waals surface area contributed by atoms with Crippen molar-refractivity contribution in [2.75, 3.05) is 5.32 Å². The Morgan fingerprint density at radius 3 is 2.95 bits per heavy atom. The molecule has 1 amide bonds. The predicted octanol–water partition coefficient (Wildman–Crippen LogP) is 2.84. The molecule has 100 valence electrons. The van der Waals surface area contributed by atoms with E-state index >= 15 is 0 Å². The van der Waals surface area contributed by atoms with Crippen LogP contribution < -0.4 is 5.32 Å². The van der Waals surface area contributed by atoms with Gasteiger partial charge in [-0.3, -0.25) is 0 Å². The normalized spacial score (nSPS) is 10.7. The number of hydrogen-bond donors (Lipinski definition) is 1. The zero-order valence-corrected chi connectivity index (χ0v) is 13.2. The molecule has 1 aromatic heterocycles. The molecule has 0 radical (unpaired) electrons. The van der Waals surface area contributed by atoms with Crippen LogP contribution in [0.1, 0.15) is 10.4 Å². The SMILES string of the molecule is O=C(Nc1cccc2n[se]nc12)c1cc(Br)ccc1F. The number of hydrogen-bond acceptors (Lipinski definition) is 3. The van der Waals surface area contributed by atoms with Crippen LogP contribution in [0.15, 0.2) is 40.9 Å². The summed E-state index contributed by atoms with van der Waals surface area (Å²) >= 11 is 3.05. The van der Waals surface area contributed by atoms with Crippen LogP contribution in [0.4, 0.5) is 10.1 Å². The van der Waals surface area contributed by atoms with Gasteiger partial charge < -0.3 is 0 Å². The number of rotatable bonds is 2. The van der Waals surface area contributed by atoms with E-state index in [9.17, 15) is 9.18 Å². The zero-order chi connectivity index (χ0) is 14.1. The van der Waals surface area contributed by atoms with Gasteiger partial charge in [0.25, 0.3) is 0 Å².